The van der Waals surface area contributed by atoms with E-state index in [4.69, 9.17) is 10.6 Å². The van der Waals surface area contributed by atoms with Crippen molar-refractivity contribution in [1.29, 1.82) is 0 Å². The Kier molecular flexibility index (Phi) is 5.57. The Morgan fingerprint density at radius 3 is 2.32 bits per heavy atom. The zero-order chi connectivity index (χ0) is 15.8. The highest BCUT2D eigenvalue weighted by Crippen LogP contribution is 2.26. The molecule has 0 bridgehead atoms. The van der Waals surface area contributed by atoms with Crippen molar-refractivity contribution in [2.75, 3.05) is 0 Å². The van der Waals surface area contributed by atoms with E-state index in [1.807, 2.05) is 54.6 Å². The molecule has 0 aromatic heterocycles. The van der Waals surface area contributed by atoms with Crippen molar-refractivity contribution >= 4 is 5.97 Å². The van der Waals surface area contributed by atoms with E-state index in [0.29, 0.717) is 6.42 Å². The van der Waals surface area contributed by atoms with Gasteiger partial charge in [-0.3, -0.25) is 4.79 Å². The van der Waals surface area contributed by atoms with Crippen LogP contribution in [-0.2, 0) is 11.2 Å². The molecule has 0 saturated heterocycles. The van der Waals surface area contributed by atoms with Crippen molar-refractivity contribution in [2.45, 2.75) is 25.3 Å². The maximum Gasteiger partial charge on any atom is 0.303 e. The van der Waals surface area contributed by atoms with Crippen molar-refractivity contribution in [3.8, 4) is 0 Å². The number of hydrogen-bond donors (Lipinski definition) is 1. The molecule has 0 aliphatic carbocycles. The molecular weight excluding hydrogens is 278 g/mol. The molecule has 112 valence electrons. The second kappa shape index (κ2) is 7.86. The second-order valence-corrected chi connectivity index (χ2v) is 5.01. The largest absolute Gasteiger partial charge is 0.481 e. The van der Waals surface area contributed by atoms with Crippen LogP contribution in [0.2, 0.25) is 0 Å². The molecule has 2 rings (SSSR count). The number of benzene rings is 2. The zero-order valence-corrected chi connectivity index (χ0v) is 12.1. The average Bonchev–Trinajstić information content (AvgIpc) is 2.54. The fraction of sp³-hybridized carbons (Fsp3) is 0.235. The first-order valence-corrected chi connectivity index (χ1v) is 7.10. The molecule has 0 radical (unpaired) electrons. The van der Waals surface area contributed by atoms with E-state index in [2.05, 4.69) is 10.0 Å². The summed E-state index contributed by atoms with van der Waals surface area (Å²) in [5.41, 5.74) is 11.7. The smallest absolute Gasteiger partial charge is 0.303 e. The number of aryl methyl sites for hydroxylation is 1. The summed E-state index contributed by atoms with van der Waals surface area (Å²) in [6, 6.07) is 17.0. The van der Waals surface area contributed by atoms with Gasteiger partial charge in [-0.05, 0) is 35.1 Å². The van der Waals surface area contributed by atoms with E-state index in [1.54, 1.807) is 0 Å². The second-order valence-electron chi connectivity index (χ2n) is 5.01. The summed E-state index contributed by atoms with van der Waals surface area (Å²) < 4.78 is 0. The summed E-state index contributed by atoms with van der Waals surface area (Å²) in [7, 11) is 0. The lowest BCUT2D eigenvalue weighted by atomic mass is 9.97. The molecule has 2 aromatic carbocycles. The number of rotatable bonds is 7. The molecule has 22 heavy (non-hydrogen) atoms. The lowest BCUT2D eigenvalue weighted by molar-refractivity contribution is -0.137. The average molecular weight is 295 g/mol. The Morgan fingerprint density at radius 1 is 1.09 bits per heavy atom. The van der Waals surface area contributed by atoms with Crippen molar-refractivity contribution in [2.24, 2.45) is 5.11 Å². The molecule has 0 unspecified atom stereocenters. The minimum Gasteiger partial charge on any atom is -0.481 e. The van der Waals surface area contributed by atoms with Gasteiger partial charge in [-0.2, -0.15) is 0 Å². The fourth-order valence-corrected chi connectivity index (χ4v) is 2.32. The third kappa shape index (κ3) is 4.36. The van der Waals surface area contributed by atoms with Crippen molar-refractivity contribution < 1.29 is 9.90 Å². The summed E-state index contributed by atoms with van der Waals surface area (Å²) in [5.74, 6) is -0.774. The van der Waals surface area contributed by atoms with Crippen LogP contribution in [0.3, 0.4) is 0 Å². The minimum absolute atomic E-state index is 0.174. The molecule has 0 heterocycles. The van der Waals surface area contributed by atoms with E-state index in [1.165, 1.54) is 0 Å². The van der Waals surface area contributed by atoms with Gasteiger partial charge in [0.15, 0.2) is 0 Å². The quantitative estimate of drug-likeness (QED) is 0.463. The molecule has 0 spiro atoms. The number of hydrogen-bond acceptors (Lipinski definition) is 2. The molecule has 5 nitrogen and oxygen atoms in total. The molecule has 1 N–H and O–H groups in total. The van der Waals surface area contributed by atoms with Gasteiger partial charge in [0.25, 0.3) is 0 Å². The van der Waals surface area contributed by atoms with Crippen LogP contribution < -0.4 is 0 Å². The van der Waals surface area contributed by atoms with Gasteiger partial charge in [-0.15, -0.1) is 0 Å². The number of carbonyl (C=O) groups is 1. The molecule has 0 aliphatic heterocycles. The van der Waals surface area contributed by atoms with Crippen LogP contribution in [0.5, 0.6) is 0 Å². The van der Waals surface area contributed by atoms with Gasteiger partial charge in [-0.25, -0.2) is 0 Å². The molecule has 0 saturated carbocycles. The minimum atomic E-state index is -0.774. The number of carboxylic acid groups (broad SMARTS) is 1. The van der Waals surface area contributed by atoms with Crippen molar-refractivity contribution in [1.82, 2.24) is 0 Å². The lowest BCUT2D eigenvalue weighted by Gasteiger charge is -2.12. The maximum absolute atomic E-state index is 10.5. The van der Waals surface area contributed by atoms with E-state index in [9.17, 15) is 4.79 Å². The third-order valence-corrected chi connectivity index (χ3v) is 3.43. The van der Waals surface area contributed by atoms with E-state index in [-0.39, 0.29) is 12.5 Å². The van der Waals surface area contributed by atoms with Crippen molar-refractivity contribution in [3.05, 3.63) is 81.7 Å². The van der Waals surface area contributed by atoms with E-state index >= 15 is 0 Å². The van der Waals surface area contributed by atoms with Crippen molar-refractivity contribution in [3.63, 3.8) is 0 Å². The third-order valence-electron chi connectivity index (χ3n) is 3.43. The highest BCUT2D eigenvalue weighted by molar-refractivity contribution is 5.66. The number of carboxylic acids is 1. The predicted molar refractivity (Wildman–Crippen MR) is 84.4 cm³/mol. The summed E-state index contributed by atoms with van der Waals surface area (Å²) in [6.45, 7) is 0. The highest BCUT2D eigenvalue weighted by Gasteiger charge is 2.11. The van der Waals surface area contributed by atoms with Gasteiger partial charge < -0.3 is 5.11 Å². The van der Waals surface area contributed by atoms with E-state index < -0.39 is 5.97 Å². The first-order valence-electron chi connectivity index (χ1n) is 7.10. The van der Waals surface area contributed by atoms with Crippen LogP contribution in [0.15, 0.2) is 59.7 Å². The summed E-state index contributed by atoms with van der Waals surface area (Å²) in [6.07, 6.45) is 1.52. The summed E-state index contributed by atoms with van der Waals surface area (Å²) >= 11 is 0. The molecule has 0 amide bonds. The van der Waals surface area contributed by atoms with Gasteiger partial charge in [-0.1, -0.05) is 59.7 Å². The topological polar surface area (TPSA) is 86.1 Å². The fourth-order valence-electron chi connectivity index (χ4n) is 2.32. The first kappa shape index (κ1) is 15.6. The molecular formula is C17H17N3O2. The predicted octanol–water partition coefficient (Wildman–Crippen LogP) is 4.49. The Labute approximate surface area is 128 Å². The Bertz CT molecular complexity index is 662. The number of aliphatic carboxylic acids is 1. The highest BCUT2D eigenvalue weighted by atomic mass is 16.4. The van der Waals surface area contributed by atoms with Gasteiger partial charge in [0.2, 0.25) is 0 Å². The van der Waals surface area contributed by atoms with Crippen LogP contribution in [0.1, 0.15) is 35.6 Å². The molecule has 0 aliphatic rings. The SMILES string of the molecule is [N-]=[N+]=N[C@H](c1ccccc1)c1ccc(CCCC(=O)O)cc1. The maximum atomic E-state index is 10.5. The van der Waals surface area contributed by atoms with Gasteiger partial charge in [0, 0.05) is 11.3 Å². The van der Waals surface area contributed by atoms with Gasteiger partial charge in [0.05, 0.1) is 6.04 Å². The van der Waals surface area contributed by atoms with Crippen LogP contribution >= 0.6 is 0 Å². The standard InChI is InChI=1S/C17H17N3O2/c18-20-19-17(14-6-2-1-3-7-14)15-11-9-13(10-12-15)5-4-8-16(21)22/h1-3,6-7,9-12,17H,4-5,8H2,(H,21,22)/t17-/m1/s1. The van der Waals surface area contributed by atoms with E-state index in [0.717, 1.165) is 23.1 Å². The zero-order valence-electron chi connectivity index (χ0n) is 12.1. The van der Waals surface area contributed by atoms with Crippen LogP contribution in [0.25, 0.3) is 10.4 Å². The number of nitrogens with zero attached hydrogens (tertiary/aromatic N) is 3. The molecule has 2 aromatic rings. The Balaban J connectivity index is 2.13. The van der Waals surface area contributed by atoms with Crippen LogP contribution in [0.4, 0.5) is 0 Å². The van der Waals surface area contributed by atoms with Crippen LogP contribution in [-0.4, -0.2) is 11.1 Å². The normalized spacial score (nSPS) is 11.5. The molecule has 1 atom stereocenters. The molecule has 0 fully saturated rings. The summed E-state index contributed by atoms with van der Waals surface area (Å²) in [4.78, 5) is 13.5. The Morgan fingerprint density at radius 2 is 1.73 bits per heavy atom. The monoisotopic (exact) mass is 295 g/mol. The first-order chi connectivity index (χ1) is 10.7. The summed E-state index contributed by atoms with van der Waals surface area (Å²) in [5, 5.41) is 12.5. The van der Waals surface area contributed by atoms with Gasteiger partial charge >= 0.3 is 5.97 Å². The van der Waals surface area contributed by atoms with Gasteiger partial charge in [0.1, 0.15) is 0 Å². The lowest BCUT2D eigenvalue weighted by Crippen LogP contribution is -1.98. The number of azide groups is 1. The molecule has 5 heteroatoms. The van der Waals surface area contributed by atoms with Crippen LogP contribution in [0, 0.1) is 0 Å². The Hall–Kier alpha value is -2.78.